The lowest BCUT2D eigenvalue weighted by Gasteiger charge is -2.21. The third kappa shape index (κ3) is 3.02. The van der Waals surface area contributed by atoms with Crippen molar-refractivity contribution in [2.75, 3.05) is 7.11 Å². The second-order valence-corrected chi connectivity index (χ2v) is 5.32. The third-order valence-corrected chi connectivity index (χ3v) is 3.51. The number of hydrogen-bond acceptors (Lipinski definition) is 4. The van der Waals surface area contributed by atoms with Crippen molar-refractivity contribution in [3.63, 3.8) is 0 Å². The number of nitrogens with two attached hydrogens (primary N) is 1. The zero-order valence-electron chi connectivity index (χ0n) is 12.1. The standard InChI is InChI=1S/C14H18ClFN4O/c1-8(2)20-14(12(21-3)7-18-20)13(19-17)9-4-5-11(16)10(15)6-9/h4-8,13,19H,17H2,1-3H3. The normalized spacial score (nSPS) is 12.7. The highest BCUT2D eigenvalue weighted by Crippen LogP contribution is 2.32. The van der Waals surface area contributed by atoms with E-state index >= 15 is 0 Å². The SMILES string of the molecule is COc1cnn(C(C)C)c1C(NN)c1ccc(F)c(Cl)c1. The summed E-state index contributed by atoms with van der Waals surface area (Å²) >= 11 is 5.85. The maximum atomic E-state index is 13.3. The number of aromatic nitrogens is 2. The predicted molar refractivity (Wildman–Crippen MR) is 79.7 cm³/mol. The van der Waals surface area contributed by atoms with Crippen molar-refractivity contribution in [2.45, 2.75) is 25.9 Å². The molecule has 1 unspecified atom stereocenters. The molecule has 2 aromatic rings. The summed E-state index contributed by atoms with van der Waals surface area (Å²) in [4.78, 5) is 0. The first kappa shape index (κ1) is 15.8. The third-order valence-electron chi connectivity index (χ3n) is 3.22. The van der Waals surface area contributed by atoms with E-state index in [1.54, 1.807) is 30.1 Å². The van der Waals surface area contributed by atoms with Gasteiger partial charge in [-0.2, -0.15) is 5.10 Å². The maximum Gasteiger partial charge on any atom is 0.161 e. The largest absolute Gasteiger partial charge is 0.493 e. The molecule has 0 amide bonds. The maximum absolute atomic E-state index is 13.3. The van der Waals surface area contributed by atoms with Crippen LogP contribution in [0.3, 0.4) is 0 Å². The Kier molecular flexibility index (Phi) is 4.82. The summed E-state index contributed by atoms with van der Waals surface area (Å²) in [5.41, 5.74) is 4.20. The molecule has 0 saturated heterocycles. The number of rotatable bonds is 5. The van der Waals surface area contributed by atoms with E-state index < -0.39 is 11.9 Å². The molecule has 3 N–H and O–H groups in total. The van der Waals surface area contributed by atoms with Gasteiger partial charge in [0.2, 0.25) is 0 Å². The second kappa shape index (κ2) is 6.43. The molecule has 0 saturated carbocycles. The van der Waals surface area contributed by atoms with Crippen LogP contribution in [0.25, 0.3) is 0 Å². The topological polar surface area (TPSA) is 65.1 Å². The summed E-state index contributed by atoms with van der Waals surface area (Å²) in [6, 6.07) is 4.19. The first-order valence-electron chi connectivity index (χ1n) is 6.52. The van der Waals surface area contributed by atoms with Gasteiger partial charge in [-0.25, -0.2) is 9.82 Å². The molecule has 0 aliphatic heterocycles. The number of halogens is 2. The number of nitrogens with zero attached hydrogens (tertiary/aromatic N) is 2. The number of hydrazine groups is 1. The van der Waals surface area contributed by atoms with Crippen LogP contribution in [0.1, 0.15) is 37.2 Å². The zero-order valence-corrected chi connectivity index (χ0v) is 12.9. The predicted octanol–water partition coefficient (Wildman–Crippen LogP) is 2.82. The molecule has 0 aliphatic carbocycles. The Hall–Kier alpha value is -1.63. The highest BCUT2D eigenvalue weighted by atomic mass is 35.5. The summed E-state index contributed by atoms with van der Waals surface area (Å²) < 4.78 is 20.5. The van der Waals surface area contributed by atoms with Gasteiger partial charge in [0.1, 0.15) is 11.5 Å². The fraction of sp³-hybridized carbons (Fsp3) is 0.357. The quantitative estimate of drug-likeness (QED) is 0.658. The van der Waals surface area contributed by atoms with Crippen LogP contribution in [0.5, 0.6) is 5.75 Å². The molecule has 7 heteroatoms. The molecule has 2 rings (SSSR count). The van der Waals surface area contributed by atoms with Gasteiger partial charge in [-0.05, 0) is 31.5 Å². The molecule has 0 radical (unpaired) electrons. The van der Waals surface area contributed by atoms with Gasteiger partial charge < -0.3 is 4.74 Å². The molecular formula is C14H18ClFN4O. The van der Waals surface area contributed by atoms with E-state index in [1.807, 2.05) is 13.8 Å². The smallest absolute Gasteiger partial charge is 0.161 e. The molecule has 114 valence electrons. The van der Waals surface area contributed by atoms with Crippen LogP contribution in [0.15, 0.2) is 24.4 Å². The first-order valence-corrected chi connectivity index (χ1v) is 6.89. The molecule has 0 fully saturated rings. The van der Waals surface area contributed by atoms with Gasteiger partial charge in [-0.3, -0.25) is 10.5 Å². The Labute approximate surface area is 127 Å². The van der Waals surface area contributed by atoms with Crippen molar-refractivity contribution < 1.29 is 9.13 Å². The Morgan fingerprint density at radius 2 is 2.14 bits per heavy atom. The molecule has 1 aromatic heterocycles. The van der Waals surface area contributed by atoms with Crippen molar-refractivity contribution in [2.24, 2.45) is 5.84 Å². The second-order valence-electron chi connectivity index (χ2n) is 4.91. The number of hydrogen-bond donors (Lipinski definition) is 2. The van der Waals surface area contributed by atoms with E-state index in [-0.39, 0.29) is 11.1 Å². The number of methoxy groups -OCH3 is 1. The molecule has 1 heterocycles. The number of nitrogens with one attached hydrogen (secondary N) is 1. The summed E-state index contributed by atoms with van der Waals surface area (Å²) in [7, 11) is 1.57. The summed E-state index contributed by atoms with van der Waals surface area (Å²) in [6.07, 6.45) is 1.63. The highest BCUT2D eigenvalue weighted by molar-refractivity contribution is 6.30. The molecule has 1 atom stereocenters. The van der Waals surface area contributed by atoms with Gasteiger partial charge >= 0.3 is 0 Å². The Bertz CT molecular complexity index is 629. The van der Waals surface area contributed by atoms with Crippen molar-refractivity contribution in [3.05, 3.63) is 46.5 Å². The van der Waals surface area contributed by atoms with Crippen molar-refractivity contribution in [3.8, 4) is 5.75 Å². The van der Waals surface area contributed by atoms with Crippen LogP contribution in [-0.4, -0.2) is 16.9 Å². The van der Waals surface area contributed by atoms with Gasteiger partial charge in [-0.15, -0.1) is 0 Å². The van der Waals surface area contributed by atoms with Crippen molar-refractivity contribution in [1.29, 1.82) is 0 Å². The fourth-order valence-electron chi connectivity index (χ4n) is 2.22. The van der Waals surface area contributed by atoms with Crippen LogP contribution < -0.4 is 16.0 Å². The van der Waals surface area contributed by atoms with Crippen LogP contribution in [0, 0.1) is 5.82 Å². The highest BCUT2D eigenvalue weighted by Gasteiger charge is 2.24. The fourth-order valence-corrected chi connectivity index (χ4v) is 2.41. The van der Waals surface area contributed by atoms with E-state index in [1.165, 1.54) is 6.07 Å². The van der Waals surface area contributed by atoms with Crippen molar-refractivity contribution in [1.82, 2.24) is 15.2 Å². The van der Waals surface area contributed by atoms with E-state index in [9.17, 15) is 4.39 Å². The van der Waals surface area contributed by atoms with Crippen LogP contribution in [0.4, 0.5) is 4.39 Å². The minimum atomic E-state index is -0.472. The molecular weight excluding hydrogens is 295 g/mol. The van der Waals surface area contributed by atoms with Crippen LogP contribution in [0.2, 0.25) is 5.02 Å². The van der Waals surface area contributed by atoms with Crippen LogP contribution in [-0.2, 0) is 0 Å². The monoisotopic (exact) mass is 312 g/mol. The average Bonchev–Trinajstić information content (AvgIpc) is 2.87. The molecule has 1 aromatic carbocycles. The van der Waals surface area contributed by atoms with Gasteiger partial charge in [0.05, 0.1) is 24.4 Å². The molecule has 0 bridgehead atoms. The molecule has 21 heavy (non-hydrogen) atoms. The zero-order chi connectivity index (χ0) is 15.6. The lowest BCUT2D eigenvalue weighted by atomic mass is 10.0. The van der Waals surface area contributed by atoms with E-state index in [0.717, 1.165) is 11.3 Å². The van der Waals surface area contributed by atoms with E-state index in [2.05, 4.69) is 10.5 Å². The summed E-state index contributed by atoms with van der Waals surface area (Å²) in [5.74, 6) is 5.83. The van der Waals surface area contributed by atoms with Gasteiger partial charge in [0.15, 0.2) is 5.75 Å². The van der Waals surface area contributed by atoms with Gasteiger partial charge in [-0.1, -0.05) is 17.7 Å². The molecule has 0 spiro atoms. The van der Waals surface area contributed by atoms with Gasteiger partial charge in [0.25, 0.3) is 0 Å². The number of benzene rings is 1. The lowest BCUT2D eigenvalue weighted by Crippen LogP contribution is -2.31. The molecule has 0 aliphatic rings. The van der Waals surface area contributed by atoms with Crippen molar-refractivity contribution >= 4 is 11.6 Å². The summed E-state index contributed by atoms with van der Waals surface area (Å²) in [6.45, 7) is 4.00. The Balaban J connectivity index is 2.55. The Morgan fingerprint density at radius 1 is 1.43 bits per heavy atom. The molecule has 5 nitrogen and oxygen atoms in total. The minimum Gasteiger partial charge on any atom is -0.493 e. The summed E-state index contributed by atoms with van der Waals surface area (Å²) in [5, 5.41) is 4.35. The minimum absolute atomic E-state index is 0.0438. The Morgan fingerprint density at radius 3 is 2.67 bits per heavy atom. The number of ether oxygens (including phenoxy) is 1. The van der Waals surface area contributed by atoms with Gasteiger partial charge in [0, 0.05) is 6.04 Å². The lowest BCUT2D eigenvalue weighted by molar-refractivity contribution is 0.394. The van der Waals surface area contributed by atoms with Crippen LogP contribution >= 0.6 is 11.6 Å². The first-order chi connectivity index (χ1) is 9.99. The van der Waals surface area contributed by atoms with E-state index in [4.69, 9.17) is 22.2 Å². The average molecular weight is 313 g/mol. The van der Waals surface area contributed by atoms with E-state index in [0.29, 0.717) is 5.75 Å².